The molecular formula is C8H12N2O3. The van der Waals surface area contributed by atoms with Crippen LogP contribution < -0.4 is 5.32 Å². The van der Waals surface area contributed by atoms with E-state index in [-0.39, 0.29) is 36.6 Å². The van der Waals surface area contributed by atoms with Crippen molar-refractivity contribution in [3.8, 4) is 0 Å². The highest BCUT2D eigenvalue weighted by molar-refractivity contribution is 6.05. The molecule has 0 aromatic heterocycles. The summed E-state index contributed by atoms with van der Waals surface area (Å²) in [5, 5.41) is 2.36. The molecule has 1 unspecified atom stereocenters. The summed E-state index contributed by atoms with van der Waals surface area (Å²) in [6.07, 6.45) is 0.218. The van der Waals surface area contributed by atoms with E-state index in [0.717, 1.165) is 4.90 Å². The minimum absolute atomic E-state index is 0.154. The monoisotopic (exact) mass is 184 g/mol. The van der Waals surface area contributed by atoms with E-state index >= 15 is 0 Å². The van der Waals surface area contributed by atoms with Crippen molar-refractivity contribution in [3.63, 3.8) is 0 Å². The second kappa shape index (κ2) is 3.55. The van der Waals surface area contributed by atoms with Crippen LogP contribution in [-0.4, -0.2) is 36.2 Å². The molecule has 0 aromatic rings. The summed E-state index contributed by atoms with van der Waals surface area (Å²) < 4.78 is 0. The van der Waals surface area contributed by atoms with Gasteiger partial charge < -0.3 is 5.32 Å². The van der Waals surface area contributed by atoms with Crippen molar-refractivity contribution in [1.29, 1.82) is 0 Å². The van der Waals surface area contributed by atoms with Gasteiger partial charge in [-0.15, -0.1) is 0 Å². The number of likely N-dealkylation sites (tertiary alicyclic amines) is 1. The van der Waals surface area contributed by atoms with Gasteiger partial charge in [0.1, 0.15) is 6.54 Å². The second-order valence-electron chi connectivity index (χ2n) is 3.10. The third kappa shape index (κ3) is 1.85. The normalized spacial score (nSPS) is 22.3. The van der Waals surface area contributed by atoms with E-state index in [2.05, 4.69) is 5.32 Å². The zero-order valence-electron chi connectivity index (χ0n) is 7.66. The number of nitrogens with one attached hydrogen (secondary N) is 1. The van der Waals surface area contributed by atoms with Gasteiger partial charge in [-0.2, -0.15) is 0 Å². The number of carbonyl (C=O) groups excluding carboxylic acids is 3. The van der Waals surface area contributed by atoms with Crippen LogP contribution in [0.5, 0.6) is 0 Å². The second-order valence-corrected chi connectivity index (χ2v) is 3.10. The predicted octanol–water partition coefficient (Wildman–Crippen LogP) is -0.873. The molecule has 5 nitrogen and oxygen atoms in total. The number of hydrogen-bond donors (Lipinski definition) is 1. The topological polar surface area (TPSA) is 66.5 Å². The summed E-state index contributed by atoms with van der Waals surface area (Å²) >= 11 is 0. The van der Waals surface area contributed by atoms with Gasteiger partial charge in [-0.25, -0.2) is 0 Å². The van der Waals surface area contributed by atoms with Crippen molar-refractivity contribution in [2.75, 3.05) is 13.6 Å². The Morgan fingerprint density at radius 2 is 2.23 bits per heavy atom. The molecule has 1 fully saturated rings. The summed E-state index contributed by atoms with van der Waals surface area (Å²) in [6.45, 7) is 1.53. The molecule has 0 aromatic carbocycles. The first-order valence-corrected chi connectivity index (χ1v) is 4.11. The van der Waals surface area contributed by atoms with Crippen molar-refractivity contribution in [2.45, 2.75) is 13.3 Å². The number of likely N-dealkylation sites (N-methyl/N-ethyl adjacent to an activating group) is 1. The molecule has 13 heavy (non-hydrogen) atoms. The van der Waals surface area contributed by atoms with Crippen LogP contribution in [0.15, 0.2) is 0 Å². The fourth-order valence-electron chi connectivity index (χ4n) is 1.24. The Hall–Kier alpha value is -1.39. The lowest BCUT2D eigenvalue weighted by atomic mass is 10.1. The highest BCUT2D eigenvalue weighted by Crippen LogP contribution is 2.17. The van der Waals surface area contributed by atoms with Gasteiger partial charge in [-0.3, -0.25) is 19.3 Å². The minimum Gasteiger partial charge on any atom is -0.358 e. The zero-order chi connectivity index (χ0) is 10.0. The molecule has 3 amide bonds. The van der Waals surface area contributed by atoms with Gasteiger partial charge in [0.2, 0.25) is 17.7 Å². The van der Waals surface area contributed by atoms with Crippen molar-refractivity contribution < 1.29 is 14.4 Å². The molecule has 0 radical (unpaired) electrons. The number of carbonyl (C=O) groups is 3. The molecule has 0 saturated carbocycles. The summed E-state index contributed by atoms with van der Waals surface area (Å²) in [5.41, 5.74) is 0. The maximum atomic E-state index is 11.3. The third-order valence-corrected chi connectivity index (χ3v) is 2.05. The fourth-order valence-corrected chi connectivity index (χ4v) is 1.24. The first-order chi connectivity index (χ1) is 6.06. The molecule has 0 aliphatic carbocycles. The third-order valence-electron chi connectivity index (χ3n) is 2.05. The van der Waals surface area contributed by atoms with E-state index in [1.807, 2.05) is 0 Å². The lowest BCUT2D eigenvalue weighted by Crippen LogP contribution is -2.39. The van der Waals surface area contributed by atoms with Crippen LogP contribution in [0, 0.1) is 5.92 Å². The van der Waals surface area contributed by atoms with Crippen molar-refractivity contribution in [2.24, 2.45) is 5.92 Å². The van der Waals surface area contributed by atoms with E-state index in [0.29, 0.717) is 0 Å². The minimum atomic E-state index is -0.323. The Morgan fingerprint density at radius 1 is 1.62 bits per heavy atom. The van der Waals surface area contributed by atoms with Crippen molar-refractivity contribution in [1.82, 2.24) is 10.2 Å². The van der Waals surface area contributed by atoms with E-state index in [4.69, 9.17) is 0 Å². The number of imide groups is 1. The molecule has 1 atom stereocenters. The molecule has 1 saturated heterocycles. The van der Waals surface area contributed by atoms with Crippen molar-refractivity contribution in [3.05, 3.63) is 0 Å². The molecule has 1 rings (SSSR count). The molecule has 5 heteroatoms. The molecular weight excluding hydrogens is 172 g/mol. The van der Waals surface area contributed by atoms with Crippen molar-refractivity contribution >= 4 is 17.7 Å². The summed E-state index contributed by atoms with van der Waals surface area (Å²) in [4.78, 5) is 34.4. The summed E-state index contributed by atoms with van der Waals surface area (Å²) in [6, 6.07) is 0. The zero-order valence-corrected chi connectivity index (χ0v) is 7.66. The van der Waals surface area contributed by atoms with Crippen LogP contribution in [0.2, 0.25) is 0 Å². The molecule has 0 spiro atoms. The van der Waals surface area contributed by atoms with Gasteiger partial charge in [-0.05, 0) is 0 Å². The predicted molar refractivity (Wildman–Crippen MR) is 44.6 cm³/mol. The van der Waals surface area contributed by atoms with Gasteiger partial charge >= 0.3 is 0 Å². The Bertz CT molecular complexity index is 262. The largest absolute Gasteiger partial charge is 0.358 e. The van der Waals surface area contributed by atoms with Crippen LogP contribution in [0.1, 0.15) is 13.3 Å². The van der Waals surface area contributed by atoms with Crippen LogP contribution in [0.25, 0.3) is 0 Å². The van der Waals surface area contributed by atoms with Gasteiger partial charge in [0.15, 0.2) is 0 Å². The number of hydrogen-bond acceptors (Lipinski definition) is 3. The average molecular weight is 184 g/mol. The lowest BCUT2D eigenvalue weighted by molar-refractivity contribution is -0.142. The standard InChI is InChI=1S/C8H12N2O3/c1-5-3-7(12)10(8(5)13)4-6(11)9-2/h5H,3-4H2,1-2H3,(H,9,11). The van der Waals surface area contributed by atoms with Crippen LogP contribution >= 0.6 is 0 Å². The summed E-state index contributed by atoms with van der Waals surface area (Å²) in [7, 11) is 1.47. The quantitative estimate of drug-likeness (QED) is 0.567. The molecule has 1 aliphatic rings. The highest BCUT2D eigenvalue weighted by Gasteiger charge is 2.36. The molecule has 1 heterocycles. The van der Waals surface area contributed by atoms with Gasteiger partial charge in [0, 0.05) is 19.4 Å². The fraction of sp³-hybridized carbons (Fsp3) is 0.625. The van der Waals surface area contributed by atoms with Crippen LogP contribution in [0.3, 0.4) is 0 Å². The maximum absolute atomic E-state index is 11.3. The SMILES string of the molecule is CNC(=O)CN1C(=O)CC(C)C1=O. The Kier molecular flexibility index (Phi) is 2.65. The first kappa shape index (κ1) is 9.70. The Balaban J connectivity index is 2.64. The highest BCUT2D eigenvalue weighted by atomic mass is 16.2. The lowest BCUT2D eigenvalue weighted by Gasteiger charge is -2.12. The molecule has 1 N–H and O–H groups in total. The Labute approximate surface area is 76.1 Å². The van der Waals surface area contributed by atoms with E-state index in [1.165, 1.54) is 7.05 Å². The molecule has 72 valence electrons. The van der Waals surface area contributed by atoms with Gasteiger partial charge in [0.05, 0.1) is 0 Å². The smallest absolute Gasteiger partial charge is 0.239 e. The summed E-state index contributed by atoms with van der Waals surface area (Å²) in [5.74, 6) is -1.12. The number of rotatable bonds is 2. The van der Waals surface area contributed by atoms with Gasteiger partial charge in [0.25, 0.3) is 0 Å². The van der Waals surface area contributed by atoms with Crippen LogP contribution in [-0.2, 0) is 14.4 Å². The molecule has 0 bridgehead atoms. The van der Waals surface area contributed by atoms with Crippen LogP contribution in [0.4, 0.5) is 0 Å². The average Bonchev–Trinajstić information content (AvgIpc) is 2.32. The number of amides is 3. The van der Waals surface area contributed by atoms with E-state index in [1.54, 1.807) is 6.92 Å². The van der Waals surface area contributed by atoms with E-state index in [9.17, 15) is 14.4 Å². The Morgan fingerprint density at radius 3 is 2.62 bits per heavy atom. The van der Waals surface area contributed by atoms with Gasteiger partial charge in [-0.1, -0.05) is 6.92 Å². The maximum Gasteiger partial charge on any atom is 0.239 e. The first-order valence-electron chi connectivity index (χ1n) is 4.11. The number of nitrogens with zero attached hydrogens (tertiary/aromatic N) is 1. The van der Waals surface area contributed by atoms with E-state index < -0.39 is 0 Å². The molecule has 1 aliphatic heterocycles.